The third kappa shape index (κ3) is 11.2. The van der Waals surface area contributed by atoms with Crippen LogP contribution in [0, 0.1) is 0 Å². The molecule has 0 radical (unpaired) electrons. The largest absolute Gasteiger partial charge is 0.480 e. The monoisotopic (exact) mass is 750 g/mol. The maximum atomic E-state index is 12.6. The lowest BCUT2D eigenvalue weighted by Crippen LogP contribution is -2.54. The Morgan fingerprint density at radius 3 is 1.94 bits per heavy atom. The molecule has 0 saturated heterocycles. The van der Waals surface area contributed by atoms with E-state index in [1.807, 2.05) is 0 Å². The molecule has 0 bridgehead atoms. The van der Waals surface area contributed by atoms with Crippen molar-refractivity contribution in [2.45, 2.75) is 58.2 Å². The Labute approximate surface area is 293 Å². The average molecular weight is 752 g/mol. The lowest BCUT2D eigenvalue weighted by Gasteiger charge is -2.38. The van der Waals surface area contributed by atoms with Crippen molar-refractivity contribution in [3.8, 4) is 11.5 Å². The van der Waals surface area contributed by atoms with Crippen LogP contribution in [0.25, 0.3) is 0 Å². The number of nitrogens with one attached hydrogen (secondary N) is 1. The van der Waals surface area contributed by atoms with E-state index in [9.17, 15) is 28.8 Å². The molecule has 2 amide bonds. The Morgan fingerprint density at radius 1 is 0.816 bits per heavy atom. The summed E-state index contributed by atoms with van der Waals surface area (Å²) >= 11 is 3.20. The van der Waals surface area contributed by atoms with Gasteiger partial charge in [-0.1, -0.05) is 15.9 Å². The van der Waals surface area contributed by atoms with Gasteiger partial charge in [-0.15, -0.1) is 0 Å². The minimum absolute atomic E-state index is 0.00650. The molecule has 0 fully saturated rings. The minimum Gasteiger partial charge on any atom is -0.480 e. The highest BCUT2D eigenvalue weighted by atomic mass is 79.9. The summed E-state index contributed by atoms with van der Waals surface area (Å²) in [5.74, 6) is -0.194. The number of esters is 3. The molecule has 0 aliphatic carbocycles. The van der Waals surface area contributed by atoms with E-state index in [1.54, 1.807) is 58.0 Å². The van der Waals surface area contributed by atoms with Gasteiger partial charge in [-0.05, 0) is 70.5 Å². The maximum absolute atomic E-state index is 12.6. The number of ether oxygens (including phenoxy) is 6. The number of carbonyl (C=O) groups is 6. The van der Waals surface area contributed by atoms with Gasteiger partial charge in [0.05, 0.1) is 45.3 Å². The number of hydrogen-bond acceptors (Lipinski definition) is 12. The van der Waals surface area contributed by atoms with Gasteiger partial charge in [-0.2, -0.15) is 0 Å². The predicted molar refractivity (Wildman–Crippen MR) is 181 cm³/mol. The second kappa shape index (κ2) is 18.2. The second-order valence-corrected chi connectivity index (χ2v) is 12.3. The van der Waals surface area contributed by atoms with Crippen LogP contribution >= 0.6 is 15.9 Å². The molecule has 4 rings (SSSR count). The number of benzene rings is 2. The van der Waals surface area contributed by atoms with Crippen molar-refractivity contribution in [2.75, 3.05) is 51.8 Å². The predicted octanol–water partition coefficient (Wildman–Crippen LogP) is 4.42. The number of ketones is 1. The van der Waals surface area contributed by atoms with Crippen molar-refractivity contribution in [1.29, 1.82) is 0 Å². The Hall–Kier alpha value is -4.66. The molecule has 0 saturated carbocycles. The summed E-state index contributed by atoms with van der Waals surface area (Å²) in [6, 6.07) is 9.71. The van der Waals surface area contributed by atoms with Crippen molar-refractivity contribution in [2.24, 2.45) is 0 Å². The van der Waals surface area contributed by atoms with Crippen molar-refractivity contribution < 1.29 is 57.2 Å². The van der Waals surface area contributed by atoms with E-state index in [4.69, 9.17) is 14.2 Å². The summed E-state index contributed by atoms with van der Waals surface area (Å²) in [7, 11) is 5.27. The zero-order valence-electron chi connectivity index (χ0n) is 28.9. The molecule has 0 aromatic heterocycles. The maximum Gasteiger partial charge on any atom is 0.406 e. The number of nitrogens with zero attached hydrogens (tertiary/aromatic N) is 1. The number of carbonyl (C=O) groups excluding carboxylic acids is 6. The van der Waals surface area contributed by atoms with Crippen LogP contribution in [0.4, 0.5) is 10.5 Å². The second-order valence-electron chi connectivity index (χ2n) is 11.6. The summed E-state index contributed by atoms with van der Waals surface area (Å²) in [5.41, 5.74) is 0.0805. The first-order valence-corrected chi connectivity index (χ1v) is 16.3. The lowest BCUT2D eigenvalue weighted by atomic mass is 9.92. The van der Waals surface area contributed by atoms with E-state index in [0.29, 0.717) is 34.7 Å². The third-order valence-electron chi connectivity index (χ3n) is 7.20. The molecule has 2 aliphatic heterocycles. The van der Waals surface area contributed by atoms with E-state index in [-0.39, 0.29) is 37.2 Å². The van der Waals surface area contributed by atoms with Gasteiger partial charge in [0.2, 0.25) is 0 Å². The molecule has 268 valence electrons. The van der Waals surface area contributed by atoms with Crippen molar-refractivity contribution in [1.82, 2.24) is 5.32 Å². The summed E-state index contributed by atoms with van der Waals surface area (Å²) in [6.45, 7) is 7.20. The highest BCUT2D eigenvalue weighted by molar-refractivity contribution is 9.09. The number of methoxy groups -OCH3 is 4. The molecule has 49 heavy (non-hydrogen) atoms. The zero-order valence-corrected chi connectivity index (χ0v) is 30.5. The van der Waals surface area contributed by atoms with E-state index in [2.05, 4.69) is 35.5 Å². The number of alkyl carbamates (subject to hydrolysis) is 1. The Balaban J connectivity index is 0.000000289. The smallest absolute Gasteiger partial charge is 0.406 e. The fourth-order valence-corrected chi connectivity index (χ4v) is 4.75. The first-order chi connectivity index (χ1) is 23.0. The molecule has 2 aromatic rings. The summed E-state index contributed by atoms with van der Waals surface area (Å²) in [5, 5.41) is 3.38. The van der Waals surface area contributed by atoms with Crippen molar-refractivity contribution in [3.05, 3.63) is 53.1 Å². The summed E-state index contributed by atoms with van der Waals surface area (Å²) in [6.07, 6.45) is 1.07. The molecule has 14 nitrogen and oxygen atoms in total. The number of hydrogen-bond donors (Lipinski definition) is 1. The van der Waals surface area contributed by atoms with Crippen LogP contribution in [0.1, 0.15) is 66.8 Å². The minimum atomic E-state index is -1.05. The average Bonchev–Trinajstić information content (AvgIpc) is 3.08. The Morgan fingerprint density at radius 2 is 1.39 bits per heavy atom. The number of rotatable bonds is 8. The number of fused-ring (bicyclic) bond motifs is 2. The highest BCUT2D eigenvalue weighted by Gasteiger charge is 2.41. The van der Waals surface area contributed by atoms with Gasteiger partial charge in [0, 0.05) is 36.8 Å². The third-order valence-corrected chi connectivity index (χ3v) is 7.76. The van der Waals surface area contributed by atoms with Gasteiger partial charge in [-0.3, -0.25) is 14.4 Å². The van der Waals surface area contributed by atoms with Gasteiger partial charge in [0.1, 0.15) is 11.5 Å². The SMILES string of the molecule is COC(=O)CCCBr.COC(=O)NCCN1C(=O)C(C)(C)Oc2ccc(C(=O)OC)cc21.COC(=O)c1ccc2c(c1)CC(=O)C(C)(C)O2. The first kappa shape index (κ1) is 40.5. The molecular weight excluding hydrogens is 708 g/mol. The molecule has 0 atom stereocenters. The molecule has 0 unspecified atom stereocenters. The van der Waals surface area contributed by atoms with E-state index >= 15 is 0 Å². The van der Waals surface area contributed by atoms with Crippen LogP contribution in [0.3, 0.4) is 0 Å². The molecular formula is C34H43BrN2O12. The Kier molecular flexibility index (Phi) is 15.0. The topological polar surface area (TPSA) is 173 Å². The first-order valence-electron chi connectivity index (χ1n) is 15.2. The standard InChI is InChI=1S/C16H20N2O6.C13H14O4.C5H9BrO2/c1-16(2)14(20)18(8-7-17-15(21)23-4)11-9-10(13(19)22-3)5-6-12(11)24-16;1-13(2)11(14)7-9-6-8(12(15)16-3)4-5-10(9)17-13;1-8-5(7)3-2-4-6/h5-6,9H,7-8H2,1-4H3,(H,17,21);4-6H,7H2,1-3H3;2-4H2,1H3. The van der Waals surface area contributed by atoms with Gasteiger partial charge in [0.15, 0.2) is 17.0 Å². The van der Waals surface area contributed by atoms with Gasteiger partial charge in [0.25, 0.3) is 5.91 Å². The summed E-state index contributed by atoms with van der Waals surface area (Å²) in [4.78, 5) is 70.5. The van der Waals surface area contributed by atoms with Crippen LogP contribution in [0.15, 0.2) is 36.4 Å². The molecule has 2 aliphatic rings. The zero-order chi connectivity index (χ0) is 36.9. The number of anilines is 1. The van der Waals surface area contributed by atoms with Crippen LogP contribution in [0.2, 0.25) is 0 Å². The quantitative estimate of drug-likeness (QED) is 0.229. The molecule has 2 aromatic carbocycles. The fourth-order valence-electron chi connectivity index (χ4n) is 4.47. The Bertz CT molecular complexity index is 1540. The number of halogens is 1. The molecule has 0 spiro atoms. The van der Waals surface area contributed by atoms with Crippen molar-refractivity contribution in [3.63, 3.8) is 0 Å². The van der Waals surface area contributed by atoms with Gasteiger partial charge < -0.3 is 38.6 Å². The number of Topliss-reactive ketones (excluding diaryl/α,β-unsaturated/α-hetero) is 1. The number of amides is 2. The van der Waals surface area contributed by atoms with Crippen LogP contribution in [0.5, 0.6) is 11.5 Å². The summed E-state index contributed by atoms with van der Waals surface area (Å²) < 4.78 is 29.5. The number of alkyl halides is 1. The molecule has 2 heterocycles. The molecule has 15 heteroatoms. The van der Waals surface area contributed by atoms with Crippen LogP contribution in [-0.2, 0) is 39.8 Å². The van der Waals surface area contributed by atoms with Crippen LogP contribution < -0.4 is 19.7 Å². The van der Waals surface area contributed by atoms with Gasteiger partial charge >= 0.3 is 24.0 Å². The van der Waals surface area contributed by atoms with Crippen LogP contribution in [-0.4, -0.2) is 93.8 Å². The normalized spacial score (nSPS) is 14.8. The van der Waals surface area contributed by atoms with E-state index < -0.39 is 29.2 Å². The van der Waals surface area contributed by atoms with Gasteiger partial charge in [-0.25, -0.2) is 14.4 Å². The molecule has 1 N–H and O–H groups in total. The lowest BCUT2D eigenvalue weighted by molar-refractivity contribution is -0.140. The highest BCUT2D eigenvalue weighted by Crippen LogP contribution is 2.38. The van der Waals surface area contributed by atoms with Crippen molar-refractivity contribution >= 4 is 57.3 Å². The van der Waals surface area contributed by atoms with E-state index in [1.165, 1.54) is 39.4 Å². The fraction of sp³-hybridized carbons (Fsp3) is 0.471. The van der Waals surface area contributed by atoms with E-state index in [0.717, 1.165) is 17.3 Å².